The predicted molar refractivity (Wildman–Crippen MR) is 112 cm³/mol. The van der Waals surface area contributed by atoms with Crippen LogP contribution >= 0.6 is 12.2 Å². The second-order valence-corrected chi connectivity index (χ2v) is 6.90. The highest BCUT2D eigenvalue weighted by atomic mass is 32.1. The van der Waals surface area contributed by atoms with Crippen LogP contribution in [0.15, 0.2) is 12.3 Å². The van der Waals surface area contributed by atoms with Crippen LogP contribution in [0.5, 0.6) is 0 Å². The Morgan fingerprint density at radius 3 is 2.64 bits per heavy atom. The molecule has 10 heteroatoms. The van der Waals surface area contributed by atoms with Crippen LogP contribution in [0, 0.1) is 13.8 Å². The van der Waals surface area contributed by atoms with Gasteiger partial charge in [0.05, 0.1) is 28.5 Å². The molecule has 3 aromatic heterocycles. The number of rotatable bonds is 4. The van der Waals surface area contributed by atoms with Gasteiger partial charge in [0.15, 0.2) is 10.8 Å². The quantitative estimate of drug-likeness (QED) is 0.452. The zero-order valence-electron chi connectivity index (χ0n) is 16.6. The van der Waals surface area contributed by atoms with E-state index >= 15 is 0 Å². The molecule has 3 heterocycles. The first-order valence-electron chi connectivity index (χ1n) is 9.02. The highest BCUT2D eigenvalue weighted by molar-refractivity contribution is 7.80. The summed E-state index contributed by atoms with van der Waals surface area (Å²) < 4.78 is 3.63. The second kappa shape index (κ2) is 7.93. The van der Waals surface area contributed by atoms with E-state index in [0.717, 1.165) is 35.3 Å². The highest BCUT2D eigenvalue weighted by Crippen LogP contribution is 2.28. The third-order valence-corrected chi connectivity index (χ3v) is 4.89. The summed E-state index contributed by atoms with van der Waals surface area (Å²) in [5.41, 5.74) is 9.74. The zero-order valence-corrected chi connectivity index (χ0v) is 17.4. The molecular formula is C18H24N8OS. The van der Waals surface area contributed by atoms with E-state index in [1.165, 1.54) is 0 Å². The Bertz CT molecular complexity index is 1050. The third-order valence-electron chi connectivity index (χ3n) is 4.59. The molecule has 0 aliphatic rings. The molecule has 3 N–H and O–H groups in total. The summed E-state index contributed by atoms with van der Waals surface area (Å²) in [4.78, 5) is 17.7. The summed E-state index contributed by atoms with van der Waals surface area (Å²) in [6, 6.07) is 1.77. The number of thiocarbonyl (C=S) groups is 1. The average Bonchev–Trinajstić information content (AvgIpc) is 3.18. The monoisotopic (exact) mass is 400 g/mol. The highest BCUT2D eigenvalue weighted by Gasteiger charge is 2.21. The van der Waals surface area contributed by atoms with E-state index in [0.29, 0.717) is 22.0 Å². The van der Waals surface area contributed by atoms with Gasteiger partial charge in [-0.25, -0.2) is 9.67 Å². The summed E-state index contributed by atoms with van der Waals surface area (Å²) in [6.07, 6.45) is 2.67. The van der Waals surface area contributed by atoms with Gasteiger partial charge < -0.3 is 5.32 Å². The maximum absolute atomic E-state index is 12.9. The van der Waals surface area contributed by atoms with Crippen molar-refractivity contribution in [2.75, 3.05) is 7.05 Å². The number of hydrogen-bond donors (Lipinski definition) is 3. The van der Waals surface area contributed by atoms with Gasteiger partial charge in [0.2, 0.25) is 0 Å². The molecule has 0 aliphatic heterocycles. The number of amides is 1. The van der Waals surface area contributed by atoms with E-state index in [1.807, 2.05) is 25.6 Å². The molecule has 148 valence electrons. The molecule has 3 aromatic rings. The topological polar surface area (TPSA) is 102 Å². The number of aromatic nitrogens is 5. The number of carbonyl (C=O) groups excluding carboxylic acids is 1. The normalized spacial score (nSPS) is 10.9. The summed E-state index contributed by atoms with van der Waals surface area (Å²) in [5.74, 6) is -0.313. The number of pyridine rings is 1. The summed E-state index contributed by atoms with van der Waals surface area (Å²) in [6.45, 7) is 6.65. The lowest BCUT2D eigenvalue weighted by Gasteiger charge is -2.11. The molecule has 0 aliphatic carbocycles. The minimum Gasteiger partial charge on any atom is -0.364 e. The maximum atomic E-state index is 12.9. The Labute approximate surface area is 168 Å². The van der Waals surface area contributed by atoms with Gasteiger partial charge in [-0.3, -0.25) is 20.3 Å². The van der Waals surface area contributed by atoms with Crippen LogP contribution in [-0.2, 0) is 13.6 Å². The number of fused-ring (bicyclic) bond motifs is 1. The molecule has 0 saturated carbocycles. The maximum Gasteiger partial charge on any atom is 0.270 e. The molecule has 0 atom stereocenters. The molecule has 1 amide bonds. The van der Waals surface area contributed by atoms with E-state index in [2.05, 4.69) is 33.3 Å². The SMILES string of the molecule is CCCn1nc(C)c2c(C(=O)NNC(=S)NC)cc(-c3cnn(C)c3C)nc21. The van der Waals surface area contributed by atoms with E-state index in [9.17, 15) is 4.79 Å². The van der Waals surface area contributed by atoms with Crippen LogP contribution in [0.3, 0.4) is 0 Å². The van der Waals surface area contributed by atoms with Gasteiger partial charge in [0.25, 0.3) is 5.91 Å². The Hall–Kier alpha value is -3.01. The van der Waals surface area contributed by atoms with Crippen LogP contribution < -0.4 is 16.2 Å². The number of hydrazine groups is 1. The van der Waals surface area contributed by atoms with E-state index in [1.54, 1.807) is 24.0 Å². The lowest BCUT2D eigenvalue weighted by atomic mass is 10.1. The van der Waals surface area contributed by atoms with E-state index < -0.39 is 0 Å². The Balaban J connectivity index is 2.18. The summed E-state index contributed by atoms with van der Waals surface area (Å²) >= 11 is 5.03. The molecule has 0 saturated heterocycles. The van der Waals surface area contributed by atoms with Gasteiger partial charge >= 0.3 is 0 Å². The molecule has 0 aromatic carbocycles. The van der Waals surface area contributed by atoms with Gasteiger partial charge in [-0.05, 0) is 38.6 Å². The molecule has 0 spiro atoms. The van der Waals surface area contributed by atoms with Crippen LogP contribution in [0.2, 0.25) is 0 Å². The average molecular weight is 401 g/mol. The minimum atomic E-state index is -0.313. The van der Waals surface area contributed by atoms with Crippen molar-refractivity contribution in [2.24, 2.45) is 7.05 Å². The van der Waals surface area contributed by atoms with Gasteiger partial charge in [-0.2, -0.15) is 10.2 Å². The number of aryl methyl sites for hydroxylation is 3. The third kappa shape index (κ3) is 3.55. The van der Waals surface area contributed by atoms with Gasteiger partial charge in [0, 0.05) is 31.9 Å². The summed E-state index contributed by atoms with van der Waals surface area (Å²) in [7, 11) is 3.55. The van der Waals surface area contributed by atoms with Gasteiger partial charge in [0.1, 0.15) is 0 Å². The molecule has 0 bridgehead atoms. The van der Waals surface area contributed by atoms with Crippen molar-refractivity contribution >= 4 is 34.3 Å². The van der Waals surface area contributed by atoms with Crippen molar-refractivity contribution in [1.82, 2.24) is 40.7 Å². The first-order valence-corrected chi connectivity index (χ1v) is 9.43. The molecule has 0 unspecified atom stereocenters. The van der Waals surface area contributed by atoms with Crippen molar-refractivity contribution in [3.63, 3.8) is 0 Å². The molecular weight excluding hydrogens is 376 g/mol. The zero-order chi connectivity index (χ0) is 20.4. The van der Waals surface area contributed by atoms with E-state index in [4.69, 9.17) is 17.2 Å². The lowest BCUT2D eigenvalue weighted by Crippen LogP contribution is -2.45. The largest absolute Gasteiger partial charge is 0.364 e. The van der Waals surface area contributed by atoms with Crippen molar-refractivity contribution in [2.45, 2.75) is 33.7 Å². The first kappa shape index (κ1) is 19.7. The smallest absolute Gasteiger partial charge is 0.270 e. The Kier molecular flexibility index (Phi) is 5.59. The number of hydrogen-bond acceptors (Lipinski definition) is 5. The van der Waals surface area contributed by atoms with Gasteiger partial charge in [-0.15, -0.1) is 0 Å². The fraction of sp³-hybridized carbons (Fsp3) is 0.389. The summed E-state index contributed by atoms with van der Waals surface area (Å²) in [5, 5.41) is 12.7. The molecule has 3 rings (SSSR count). The van der Waals surface area contributed by atoms with Crippen LogP contribution in [0.1, 0.15) is 35.1 Å². The Morgan fingerprint density at radius 2 is 2.04 bits per heavy atom. The second-order valence-electron chi connectivity index (χ2n) is 6.49. The van der Waals surface area contributed by atoms with Crippen LogP contribution in [0.4, 0.5) is 0 Å². The van der Waals surface area contributed by atoms with Crippen molar-refractivity contribution < 1.29 is 4.79 Å². The number of nitrogens with one attached hydrogen (secondary N) is 3. The van der Waals surface area contributed by atoms with Gasteiger partial charge in [-0.1, -0.05) is 6.92 Å². The molecule has 0 radical (unpaired) electrons. The van der Waals surface area contributed by atoms with Crippen molar-refractivity contribution in [1.29, 1.82) is 0 Å². The molecule has 28 heavy (non-hydrogen) atoms. The Morgan fingerprint density at radius 1 is 1.29 bits per heavy atom. The van der Waals surface area contributed by atoms with Crippen LogP contribution in [0.25, 0.3) is 22.3 Å². The van der Waals surface area contributed by atoms with E-state index in [-0.39, 0.29) is 5.91 Å². The van der Waals surface area contributed by atoms with Crippen molar-refractivity contribution in [3.8, 4) is 11.3 Å². The van der Waals surface area contributed by atoms with Crippen molar-refractivity contribution in [3.05, 3.63) is 29.2 Å². The molecule has 0 fully saturated rings. The van der Waals surface area contributed by atoms with Crippen LogP contribution in [-0.4, -0.2) is 42.6 Å². The lowest BCUT2D eigenvalue weighted by molar-refractivity contribution is 0.0945. The fourth-order valence-electron chi connectivity index (χ4n) is 3.03. The fourth-order valence-corrected chi connectivity index (χ4v) is 3.08. The number of carbonyl (C=O) groups is 1. The minimum absolute atomic E-state index is 0.313. The molecule has 9 nitrogen and oxygen atoms in total. The predicted octanol–water partition coefficient (Wildman–Crippen LogP) is 1.60. The first-order chi connectivity index (χ1) is 13.4. The number of nitrogens with zero attached hydrogens (tertiary/aromatic N) is 5. The standard InChI is InChI=1S/C18H24N8OS/c1-6-7-26-16-15(10(2)24-26)12(17(27)22-23-18(28)19-4)8-14(21-16)13-9-20-25(5)11(13)3/h8-9H,6-7H2,1-5H3,(H,22,27)(H2,19,23,28).